The zero-order valence-electron chi connectivity index (χ0n) is 8.49. The summed E-state index contributed by atoms with van der Waals surface area (Å²) in [5, 5.41) is 3.63. The number of amides is 2. The van der Waals surface area contributed by atoms with Gasteiger partial charge in [0.05, 0.1) is 5.29 Å². The Hall–Kier alpha value is -1.13. The van der Waals surface area contributed by atoms with Crippen molar-refractivity contribution in [1.82, 2.24) is 9.91 Å². The Kier molecular flexibility index (Phi) is 5.84. The van der Waals surface area contributed by atoms with Gasteiger partial charge in [-0.15, -0.1) is 4.91 Å². The molecule has 0 aromatic rings. The monoisotopic (exact) mass is 187 g/mol. The molecule has 0 spiro atoms. The van der Waals surface area contributed by atoms with Crippen molar-refractivity contribution < 1.29 is 4.79 Å². The predicted molar refractivity (Wildman–Crippen MR) is 51.1 cm³/mol. The minimum Gasteiger partial charge on any atom is -0.329 e. The Morgan fingerprint density at radius 2 is 1.92 bits per heavy atom. The molecule has 0 aliphatic carbocycles. The highest BCUT2D eigenvalue weighted by Crippen LogP contribution is 2.01. The highest BCUT2D eigenvalue weighted by atomic mass is 16.3. The van der Waals surface area contributed by atoms with Crippen LogP contribution in [0.5, 0.6) is 0 Å². The molecule has 5 nitrogen and oxygen atoms in total. The molecule has 0 fully saturated rings. The fraction of sp³-hybridized carbons (Fsp3) is 0.875. The van der Waals surface area contributed by atoms with Crippen LogP contribution < -0.4 is 0 Å². The van der Waals surface area contributed by atoms with Crippen molar-refractivity contribution in [1.29, 1.82) is 0 Å². The van der Waals surface area contributed by atoms with Crippen LogP contribution in [-0.4, -0.2) is 36.6 Å². The van der Waals surface area contributed by atoms with E-state index in [-0.39, 0.29) is 6.03 Å². The van der Waals surface area contributed by atoms with Gasteiger partial charge in [0.1, 0.15) is 0 Å². The summed E-state index contributed by atoms with van der Waals surface area (Å²) in [7, 11) is 3.20. The van der Waals surface area contributed by atoms with Gasteiger partial charge >= 0.3 is 6.03 Å². The lowest BCUT2D eigenvalue weighted by molar-refractivity contribution is 0.171. The third-order valence-corrected chi connectivity index (χ3v) is 1.68. The molecule has 0 saturated heterocycles. The Morgan fingerprint density at radius 1 is 1.31 bits per heavy atom. The number of carbonyl (C=O) groups is 1. The topological polar surface area (TPSA) is 53.0 Å². The molecule has 0 aliphatic heterocycles. The van der Waals surface area contributed by atoms with Crippen LogP contribution in [0.2, 0.25) is 0 Å². The van der Waals surface area contributed by atoms with E-state index in [2.05, 4.69) is 12.2 Å². The summed E-state index contributed by atoms with van der Waals surface area (Å²) < 4.78 is 0. The summed E-state index contributed by atoms with van der Waals surface area (Å²) in [6.45, 7) is 2.47. The molecule has 0 atom stereocenters. The van der Waals surface area contributed by atoms with Crippen LogP contribution in [0.4, 0.5) is 4.79 Å². The van der Waals surface area contributed by atoms with Crippen molar-refractivity contribution in [2.75, 3.05) is 20.6 Å². The molecule has 2 amide bonds. The average molecular weight is 187 g/mol. The maximum Gasteiger partial charge on any atom is 0.342 e. The first kappa shape index (κ1) is 11.9. The number of rotatable bonds is 5. The van der Waals surface area contributed by atoms with E-state index in [0.717, 1.165) is 24.3 Å². The molecule has 76 valence electrons. The average Bonchev–Trinajstić information content (AvgIpc) is 2.11. The predicted octanol–water partition coefficient (Wildman–Crippen LogP) is 1.84. The Balaban J connectivity index is 3.88. The van der Waals surface area contributed by atoms with Crippen molar-refractivity contribution in [2.45, 2.75) is 26.2 Å². The largest absolute Gasteiger partial charge is 0.342 e. The summed E-state index contributed by atoms with van der Waals surface area (Å²) in [5.74, 6) is 0. The van der Waals surface area contributed by atoms with Gasteiger partial charge in [-0.1, -0.05) is 19.8 Å². The van der Waals surface area contributed by atoms with Crippen LogP contribution in [0, 0.1) is 4.91 Å². The van der Waals surface area contributed by atoms with E-state index in [1.165, 1.54) is 4.90 Å². The smallest absolute Gasteiger partial charge is 0.329 e. The third-order valence-electron chi connectivity index (χ3n) is 1.68. The number of nitrogens with zero attached hydrogens (tertiary/aromatic N) is 3. The van der Waals surface area contributed by atoms with Crippen LogP contribution >= 0.6 is 0 Å². The van der Waals surface area contributed by atoms with E-state index in [0.29, 0.717) is 6.54 Å². The maximum absolute atomic E-state index is 11.2. The number of hydrogen-bond donors (Lipinski definition) is 0. The molecule has 0 unspecified atom stereocenters. The lowest BCUT2D eigenvalue weighted by Gasteiger charge is -2.17. The first-order chi connectivity index (χ1) is 6.13. The Labute approximate surface area is 78.6 Å². The third kappa shape index (κ3) is 4.45. The maximum atomic E-state index is 11.2. The van der Waals surface area contributed by atoms with Gasteiger partial charge in [0.2, 0.25) is 0 Å². The molecule has 0 aliphatic rings. The summed E-state index contributed by atoms with van der Waals surface area (Å²) in [5.41, 5.74) is 0. The first-order valence-corrected chi connectivity index (χ1v) is 4.45. The summed E-state index contributed by atoms with van der Waals surface area (Å²) in [6.07, 6.45) is 2.89. The normalized spacial score (nSPS) is 9.46. The highest BCUT2D eigenvalue weighted by Gasteiger charge is 2.14. The minimum atomic E-state index is -0.355. The van der Waals surface area contributed by atoms with Crippen LogP contribution in [0.15, 0.2) is 5.29 Å². The second-order valence-corrected chi connectivity index (χ2v) is 3.09. The van der Waals surface area contributed by atoms with E-state index in [1.807, 2.05) is 0 Å². The van der Waals surface area contributed by atoms with Crippen molar-refractivity contribution in [2.24, 2.45) is 5.29 Å². The van der Waals surface area contributed by atoms with Crippen LogP contribution in [0.3, 0.4) is 0 Å². The lowest BCUT2D eigenvalue weighted by Crippen LogP contribution is -2.35. The van der Waals surface area contributed by atoms with E-state index in [1.54, 1.807) is 14.1 Å². The van der Waals surface area contributed by atoms with Crippen molar-refractivity contribution in [3.8, 4) is 0 Å². The van der Waals surface area contributed by atoms with Gasteiger partial charge in [-0.3, -0.25) is 0 Å². The molecule has 5 heteroatoms. The Morgan fingerprint density at radius 3 is 2.31 bits per heavy atom. The fourth-order valence-electron chi connectivity index (χ4n) is 0.914. The van der Waals surface area contributed by atoms with Gasteiger partial charge in [0, 0.05) is 20.6 Å². The molecule has 0 saturated carbocycles. The van der Waals surface area contributed by atoms with Crippen molar-refractivity contribution in [3.63, 3.8) is 0 Å². The minimum absolute atomic E-state index is 0.355. The second-order valence-electron chi connectivity index (χ2n) is 3.09. The molecule has 0 radical (unpaired) electrons. The summed E-state index contributed by atoms with van der Waals surface area (Å²) in [6, 6.07) is -0.355. The fourth-order valence-corrected chi connectivity index (χ4v) is 0.914. The van der Waals surface area contributed by atoms with Crippen LogP contribution in [-0.2, 0) is 0 Å². The number of hydrogen-bond acceptors (Lipinski definition) is 3. The van der Waals surface area contributed by atoms with E-state index in [4.69, 9.17) is 0 Å². The summed E-state index contributed by atoms with van der Waals surface area (Å²) >= 11 is 0. The van der Waals surface area contributed by atoms with E-state index in [9.17, 15) is 9.70 Å². The standard InChI is InChI=1S/C8H17N3O2/c1-4-5-6-7-11(9-13)8(12)10(2)3/h4-7H2,1-3H3. The molecule has 0 aromatic carbocycles. The first-order valence-electron chi connectivity index (χ1n) is 4.45. The van der Waals surface area contributed by atoms with E-state index >= 15 is 0 Å². The van der Waals surface area contributed by atoms with Gasteiger partial charge in [-0.05, 0) is 6.42 Å². The quantitative estimate of drug-likeness (QED) is 0.374. The number of carbonyl (C=O) groups excluding carboxylic acids is 1. The number of nitroso groups, excluding NO2 is 1. The zero-order chi connectivity index (χ0) is 10.3. The molecular formula is C8H17N3O2. The van der Waals surface area contributed by atoms with Crippen molar-refractivity contribution in [3.05, 3.63) is 4.91 Å². The van der Waals surface area contributed by atoms with Gasteiger partial charge < -0.3 is 4.90 Å². The van der Waals surface area contributed by atoms with E-state index < -0.39 is 0 Å². The lowest BCUT2D eigenvalue weighted by atomic mass is 10.2. The molecule has 0 bridgehead atoms. The SMILES string of the molecule is CCCCCN(N=O)C(=O)N(C)C. The molecule has 0 heterocycles. The van der Waals surface area contributed by atoms with Gasteiger partial charge in [-0.2, -0.15) is 5.01 Å². The van der Waals surface area contributed by atoms with Gasteiger partial charge in [-0.25, -0.2) is 4.79 Å². The van der Waals surface area contributed by atoms with Gasteiger partial charge in [0.15, 0.2) is 0 Å². The molecule has 0 rings (SSSR count). The molecule has 0 N–H and O–H groups in total. The number of unbranched alkanes of at least 4 members (excludes halogenated alkanes) is 2. The zero-order valence-corrected chi connectivity index (χ0v) is 8.49. The van der Waals surface area contributed by atoms with Crippen LogP contribution in [0.1, 0.15) is 26.2 Å². The van der Waals surface area contributed by atoms with Crippen LogP contribution in [0.25, 0.3) is 0 Å². The summed E-state index contributed by atoms with van der Waals surface area (Å²) in [4.78, 5) is 22.8. The second kappa shape index (κ2) is 6.39. The molecule has 0 aromatic heterocycles. The van der Waals surface area contributed by atoms with Gasteiger partial charge in [0.25, 0.3) is 0 Å². The molecular weight excluding hydrogens is 170 g/mol. The van der Waals surface area contributed by atoms with Crippen molar-refractivity contribution >= 4 is 6.03 Å². The Bertz CT molecular complexity index is 171. The number of urea groups is 1. The highest BCUT2D eigenvalue weighted by molar-refractivity contribution is 5.73. The molecule has 13 heavy (non-hydrogen) atoms.